The van der Waals surface area contributed by atoms with Crippen molar-refractivity contribution in [1.82, 2.24) is 0 Å². The standard InChI is InChI=1S/C15H18O2S/c1-4-7-12(10-15(16)17-2)14-9-6-5-8-13(14)11-18-3/h5-6,8-9,12H,10-11H2,1-3H3. The van der Waals surface area contributed by atoms with Crippen LogP contribution in [0, 0.1) is 11.8 Å². The van der Waals surface area contributed by atoms with Gasteiger partial charge >= 0.3 is 5.97 Å². The number of ether oxygens (including phenoxy) is 1. The van der Waals surface area contributed by atoms with Crippen LogP contribution >= 0.6 is 11.8 Å². The molecule has 96 valence electrons. The maximum absolute atomic E-state index is 11.4. The van der Waals surface area contributed by atoms with Gasteiger partial charge in [-0.2, -0.15) is 11.8 Å². The van der Waals surface area contributed by atoms with Crippen molar-refractivity contribution in [2.75, 3.05) is 13.4 Å². The number of thioether (sulfide) groups is 1. The zero-order chi connectivity index (χ0) is 13.4. The van der Waals surface area contributed by atoms with Gasteiger partial charge in [-0.15, -0.1) is 5.92 Å². The molecule has 0 aliphatic rings. The largest absolute Gasteiger partial charge is 0.469 e. The molecule has 0 aromatic heterocycles. The highest BCUT2D eigenvalue weighted by atomic mass is 32.2. The first kappa shape index (κ1) is 14.7. The van der Waals surface area contributed by atoms with Gasteiger partial charge in [0.1, 0.15) is 0 Å². The van der Waals surface area contributed by atoms with Gasteiger partial charge in [-0.25, -0.2) is 0 Å². The Labute approximate surface area is 113 Å². The van der Waals surface area contributed by atoms with E-state index in [2.05, 4.69) is 24.2 Å². The van der Waals surface area contributed by atoms with Gasteiger partial charge in [-0.3, -0.25) is 4.79 Å². The molecule has 0 spiro atoms. The Morgan fingerprint density at radius 1 is 1.44 bits per heavy atom. The molecule has 0 amide bonds. The van der Waals surface area contributed by atoms with Crippen molar-refractivity contribution in [2.45, 2.75) is 25.0 Å². The normalized spacial score (nSPS) is 11.3. The Balaban J connectivity index is 3.03. The summed E-state index contributed by atoms with van der Waals surface area (Å²) in [5.74, 6) is 6.63. The van der Waals surface area contributed by atoms with Crippen molar-refractivity contribution in [3.63, 3.8) is 0 Å². The second-order valence-corrected chi connectivity index (χ2v) is 4.73. The molecule has 1 unspecified atom stereocenters. The number of esters is 1. The Hall–Kier alpha value is -1.40. The van der Waals surface area contributed by atoms with Crippen LogP contribution in [0.3, 0.4) is 0 Å². The lowest BCUT2D eigenvalue weighted by molar-refractivity contribution is -0.140. The average Bonchev–Trinajstić information content (AvgIpc) is 2.39. The van der Waals surface area contributed by atoms with Crippen LogP contribution in [0.1, 0.15) is 30.4 Å². The summed E-state index contributed by atoms with van der Waals surface area (Å²) in [6, 6.07) is 8.14. The van der Waals surface area contributed by atoms with Gasteiger partial charge in [-0.05, 0) is 24.3 Å². The molecular formula is C15H18O2S. The Morgan fingerprint density at radius 3 is 2.78 bits per heavy atom. The van der Waals surface area contributed by atoms with Crippen molar-refractivity contribution >= 4 is 17.7 Å². The van der Waals surface area contributed by atoms with Gasteiger partial charge in [-0.1, -0.05) is 30.2 Å². The van der Waals surface area contributed by atoms with E-state index in [9.17, 15) is 4.79 Å². The van der Waals surface area contributed by atoms with Gasteiger partial charge < -0.3 is 4.74 Å². The zero-order valence-corrected chi connectivity index (χ0v) is 11.8. The number of hydrogen-bond donors (Lipinski definition) is 0. The molecule has 3 heteroatoms. The predicted octanol–water partition coefficient (Wildman–Crippen LogP) is 3.22. The first-order chi connectivity index (χ1) is 8.72. The van der Waals surface area contributed by atoms with Gasteiger partial charge in [0, 0.05) is 5.75 Å². The molecule has 0 aliphatic carbocycles. The molecular weight excluding hydrogens is 244 g/mol. The molecule has 2 nitrogen and oxygen atoms in total. The van der Waals surface area contributed by atoms with Crippen LogP contribution < -0.4 is 0 Å². The fourth-order valence-corrected chi connectivity index (χ4v) is 2.40. The molecule has 0 radical (unpaired) electrons. The van der Waals surface area contributed by atoms with E-state index in [4.69, 9.17) is 4.74 Å². The van der Waals surface area contributed by atoms with Crippen LogP contribution in [0.25, 0.3) is 0 Å². The summed E-state index contributed by atoms with van der Waals surface area (Å²) >= 11 is 1.76. The van der Waals surface area contributed by atoms with E-state index in [0.29, 0.717) is 6.42 Å². The third-order valence-electron chi connectivity index (χ3n) is 2.65. The summed E-state index contributed by atoms with van der Waals surface area (Å²) in [6.45, 7) is 1.79. The minimum absolute atomic E-state index is 0.0780. The number of carbonyl (C=O) groups excluding carboxylic acids is 1. The molecule has 0 bridgehead atoms. The highest BCUT2D eigenvalue weighted by Crippen LogP contribution is 2.25. The van der Waals surface area contributed by atoms with E-state index >= 15 is 0 Å². The van der Waals surface area contributed by atoms with E-state index < -0.39 is 0 Å². The van der Waals surface area contributed by atoms with Crippen molar-refractivity contribution in [3.05, 3.63) is 35.4 Å². The minimum Gasteiger partial charge on any atom is -0.469 e. The van der Waals surface area contributed by atoms with Crippen LogP contribution in [-0.4, -0.2) is 19.3 Å². The molecule has 0 aliphatic heterocycles. The second kappa shape index (κ2) is 7.84. The monoisotopic (exact) mass is 262 g/mol. The van der Waals surface area contributed by atoms with Crippen molar-refractivity contribution in [1.29, 1.82) is 0 Å². The van der Waals surface area contributed by atoms with E-state index in [0.717, 1.165) is 11.3 Å². The Bertz CT molecular complexity index is 457. The maximum atomic E-state index is 11.4. The first-order valence-electron chi connectivity index (χ1n) is 5.78. The number of benzene rings is 1. The highest BCUT2D eigenvalue weighted by Gasteiger charge is 2.16. The average molecular weight is 262 g/mol. The summed E-state index contributed by atoms with van der Waals surface area (Å²) in [4.78, 5) is 11.4. The Morgan fingerprint density at radius 2 is 2.17 bits per heavy atom. The number of rotatable bonds is 5. The van der Waals surface area contributed by atoms with Gasteiger partial charge in [0.2, 0.25) is 0 Å². The molecule has 1 rings (SSSR count). The van der Waals surface area contributed by atoms with Crippen molar-refractivity contribution in [2.24, 2.45) is 0 Å². The molecule has 0 fully saturated rings. The lowest BCUT2D eigenvalue weighted by Crippen LogP contribution is -2.09. The quantitative estimate of drug-likeness (QED) is 0.602. The third-order valence-corrected chi connectivity index (χ3v) is 3.25. The lowest BCUT2D eigenvalue weighted by atomic mass is 9.92. The summed E-state index contributed by atoms with van der Waals surface area (Å²) < 4.78 is 4.74. The van der Waals surface area contributed by atoms with Gasteiger partial charge in [0.15, 0.2) is 0 Å². The van der Waals surface area contributed by atoms with Crippen LogP contribution in [0.4, 0.5) is 0 Å². The summed E-state index contributed by atoms with van der Waals surface area (Å²) in [5, 5.41) is 0. The number of hydrogen-bond acceptors (Lipinski definition) is 3. The topological polar surface area (TPSA) is 26.3 Å². The third kappa shape index (κ3) is 4.12. The Kier molecular flexibility index (Phi) is 6.38. The van der Waals surface area contributed by atoms with Crippen LogP contribution in [0.2, 0.25) is 0 Å². The molecule has 0 saturated heterocycles. The summed E-state index contributed by atoms with van der Waals surface area (Å²) in [7, 11) is 1.41. The van der Waals surface area contributed by atoms with Crippen molar-refractivity contribution < 1.29 is 9.53 Å². The molecule has 18 heavy (non-hydrogen) atoms. The van der Waals surface area contributed by atoms with E-state index in [1.807, 2.05) is 18.2 Å². The smallest absolute Gasteiger partial charge is 0.307 e. The van der Waals surface area contributed by atoms with E-state index in [1.165, 1.54) is 12.7 Å². The van der Waals surface area contributed by atoms with E-state index in [-0.39, 0.29) is 11.9 Å². The molecule has 0 saturated carbocycles. The van der Waals surface area contributed by atoms with Crippen LogP contribution in [0.15, 0.2) is 24.3 Å². The SMILES string of the molecule is CC#CC(CC(=O)OC)c1ccccc1CSC. The first-order valence-corrected chi connectivity index (χ1v) is 7.18. The van der Waals surface area contributed by atoms with Crippen molar-refractivity contribution in [3.8, 4) is 11.8 Å². The van der Waals surface area contributed by atoms with E-state index in [1.54, 1.807) is 18.7 Å². The predicted molar refractivity (Wildman–Crippen MR) is 76.5 cm³/mol. The molecule has 0 heterocycles. The lowest BCUT2D eigenvalue weighted by Gasteiger charge is -2.14. The minimum atomic E-state index is -0.221. The second-order valence-electron chi connectivity index (χ2n) is 3.86. The fourth-order valence-electron chi connectivity index (χ4n) is 1.82. The van der Waals surface area contributed by atoms with Crippen LogP contribution in [0.5, 0.6) is 0 Å². The highest BCUT2D eigenvalue weighted by molar-refractivity contribution is 7.97. The van der Waals surface area contributed by atoms with Gasteiger partial charge in [0.25, 0.3) is 0 Å². The van der Waals surface area contributed by atoms with Gasteiger partial charge in [0.05, 0.1) is 19.4 Å². The maximum Gasteiger partial charge on any atom is 0.307 e. The molecule has 1 aromatic rings. The number of methoxy groups -OCH3 is 1. The molecule has 1 atom stereocenters. The molecule has 0 N–H and O–H groups in total. The number of carbonyl (C=O) groups is 1. The van der Waals surface area contributed by atoms with Crippen LogP contribution in [-0.2, 0) is 15.3 Å². The fraction of sp³-hybridized carbons (Fsp3) is 0.400. The molecule has 1 aromatic carbocycles. The summed E-state index contributed by atoms with van der Waals surface area (Å²) in [6.07, 6.45) is 2.38. The summed E-state index contributed by atoms with van der Waals surface area (Å²) in [5.41, 5.74) is 2.37. The zero-order valence-electron chi connectivity index (χ0n) is 11.0.